The van der Waals surface area contributed by atoms with E-state index in [0.717, 1.165) is 25.9 Å². The van der Waals surface area contributed by atoms with Gasteiger partial charge in [0.05, 0.1) is 12.0 Å². The van der Waals surface area contributed by atoms with Gasteiger partial charge in [-0.05, 0) is 26.7 Å². The first-order valence-electron chi connectivity index (χ1n) is 7.45. The first-order chi connectivity index (χ1) is 9.40. The van der Waals surface area contributed by atoms with Crippen molar-refractivity contribution in [2.75, 3.05) is 26.3 Å². The summed E-state index contributed by atoms with van der Waals surface area (Å²) in [6.07, 6.45) is 2.99. The SMILES string of the molecule is CCCCOCCCN(CC(C)C(=O)O)C(C)C(C)=O. The number of unbranched alkanes of at least 4 members (excludes halogenated alkanes) is 1. The maximum absolute atomic E-state index is 11.5. The van der Waals surface area contributed by atoms with Gasteiger partial charge in [-0.3, -0.25) is 14.5 Å². The fourth-order valence-electron chi connectivity index (χ4n) is 1.85. The van der Waals surface area contributed by atoms with Gasteiger partial charge in [-0.15, -0.1) is 0 Å². The van der Waals surface area contributed by atoms with E-state index in [1.54, 1.807) is 13.8 Å². The van der Waals surface area contributed by atoms with Crippen LogP contribution in [0, 0.1) is 5.92 Å². The molecule has 0 rings (SSSR count). The number of carbonyl (C=O) groups is 2. The molecule has 0 amide bonds. The predicted octanol–water partition coefficient (Wildman–Crippen LogP) is 2.19. The Hall–Kier alpha value is -0.940. The maximum atomic E-state index is 11.5. The van der Waals surface area contributed by atoms with Gasteiger partial charge in [-0.25, -0.2) is 0 Å². The lowest BCUT2D eigenvalue weighted by Crippen LogP contribution is -2.42. The highest BCUT2D eigenvalue weighted by Gasteiger charge is 2.22. The smallest absolute Gasteiger partial charge is 0.307 e. The summed E-state index contributed by atoms with van der Waals surface area (Å²) in [6.45, 7) is 9.66. The van der Waals surface area contributed by atoms with Crippen LogP contribution in [0.4, 0.5) is 0 Å². The Kier molecular flexibility index (Phi) is 10.3. The molecule has 118 valence electrons. The molecule has 0 saturated heterocycles. The van der Waals surface area contributed by atoms with E-state index < -0.39 is 11.9 Å². The van der Waals surface area contributed by atoms with Crippen molar-refractivity contribution in [1.82, 2.24) is 4.90 Å². The second kappa shape index (κ2) is 10.8. The molecule has 2 atom stereocenters. The average molecular weight is 287 g/mol. The molecule has 1 N–H and O–H groups in total. The summed E-state index contributed by atoms with van der Waals surface area (Å²) >= 11 is 0. The van der Waals surface area contributed by atoms with E-state index in [2.05, 4.69) is 6.92 Å². The molecule has 0 aromatic carbocycles. The van der Waals surface area contributed by atoms with Crippen LogP contribution in [0.2, 0.25) is 0 Å². The fraction of sp³-hybridized carbons (Fsp3) is 0.867. The summed E-state index contributed by atoms with van der Waals surface area (Å²) in [5, 5.41) is 8.98. The van der Waals surface area contributed by atoms with Gasteiger partial charge in [0.15, 0.2) is 0 Å². The molecular weight excluding hydrogens is 258 g/mol. The van der Waals surface area contributed by atoms with Crippen molar-refractivity contribution in [3.05, 3.63) is 0 Å². The largest absolute Gasteiger partial charge is 0.481 e. The average Bonchev–Trinajstić information content (AvgIpc) is 2.39. The minimum Gasteiger partial charge on any atom is -0.481 e. The number of aliphatic carboxylic acids is 1. The zero-order chi connectivity index (χ0) is 15.5. The lowest BCUT2D eigenvalue weighted by atomic mass is 10.1. The van der Waals surface area contributed by atoms with Crippen LogP contribution in [0.15, 0.2) is 0 Å². The van der Waals surface area contributed by atoms with Gasteiger partial charge in [0.2, 0.25) is 0 Å². The summed E-state index contributed by atoms with van der Waals surface area (Å²) in [4.78, 5) is 24.4. The number of ketones is 1. The zero-order valence-electron chi connectivity index (χ0n) is 13.2. The standard InChI is InChI=1S/C15H29NO4/c1-5-6-9-20-10-7-8-16(13(3)14(4)17)11-12(2)15(18)19/h12-13H,5-11H2,1-4H3,(H,18,19). The third-order valence-electron chi connectivity index (χ3n) is 3.44. The predicted molar refractivity (Wildman–Crippen MR) is 78.9 cm³/mol. The number of carboxylic acid groups (broad SMARTS) is 1. The van der Waals surface area contributed by atoms with Crippen molar-refractivity contribution in [3.63, 3.8) is 0 Å². The highest BCUT2D eigenvalue weighted by atomic mass is 16.5. The number of Topliss-reactive ketones (excluding diaryl/α,β-unsaturated/α-hetero) is 1. The highest BCUT2D eigenvalue weighted by Crippen LogP contribution is 2.08. The van der Waals surface area contributed by atoms with Crippen molar-refractivity contribution >= 4 is 11.8 Å². The van der Waals surface area contributed by atoms with E-state index in [0.29, 0.717) is 19.7 Å². The maximum Gasteiger partial charge on any atom is 0.307 e. The lowest BCUT2D eigenvalue weighted by molar-refractivity contribution is -0.142. The third kappa shape index (κ3) is 8.27. The molecule has 0 heterocycles. The second-order valence-corrected chi connectivity index (χ2v) is 5.34. The quantitative estimate of drug-likeness (QED) is 0.557. The van der Waals surface area contributed by atoms with Crippen LogP contribution in [0.3, 0.4) is 0 Å². The number of ether oxygens (including phenoxy) is 1. The van der Waals surface area contributed by atoms with Gasteiger partial charge in [0.25, 0.3) is 0 Å². The molecule has 5 nitrogen and oxygen atoms in total. The van der Waals surface area contributed by atoms with Gasteiger partial charge in [0.1, 0.15) is 5.78 Å². The van der Waals surface area contributed by atoms with E-state index in [4.69, 9.17) is 9.84 Å². The van der Waals surface area contributed by atoms with Crippen molar-refractivity contribution in [2.24, 2.45) is 5.92 Å². The van der Waals surface area contributed by atoms with Crippen molar-refractivity contribution < 1.29 is 19.4 Å². The van der Waals surface area contributed by atoms with Crippen LogP contribution in [0.1, 0.15) is 47.0 Å². The molecule has 5 heteroatoms. The van der Waals surface area contributed by atoms with Crippen LogP contribution < -0.4 is 0 Å². The van der Waals surface area contributed by atoms with Crippen LogP contribution in [0.25, 0.3) is 0 Å². The molecule has 0 aliphatic heterocycles. The van der Waals surface area contributed by atoms with Crippen molar-refractivity contribution in [2.45, 2.75) is 53.0 Å². The normalized spacial score (nSPS) is 14.2. The summed E-state index contributed by atoms with van der Waals surface area (Å²) in [5.41, 5.74) is 0. The van der Waals surface area contributed by atoms with Gasteiger partial charge in [-0.2, -0.15) is 0 Å². The van der Waals surface area contributed by atoms with E-state index in [1.165, 1.54) is 0 Å². The van der Waals surface area contributed by atoms with Crippen molar-refractivity contribution in [3.8, 4) is 0 Å². The minimum atomic E-state index is -0.829. The number of hydrogen-bond donors (Lipinski definition) is 1. The summed E-state index contributed by atoms with van der Waals surface area (Å²) in [6, 6.07) is -0.243. The van der Waals surface area contributed by atoms with Crippen LogP contribution in [-0.2, 0) is 14.3 Å². The van der Waals surface area contributed by atoms with Gasteiger partial charge >= 0.3 is 5.97 Å². The van der Waals surface area contributed by atoms with E-state index in [-0.39, 0.29) is 11.8 Å². The van der Waals surface area contributed by atoms with Gasteiger partial charge in [-0.1, -0.05) is 20.3 Å². The topological polar surface area (TPSA) is 66.8 Å². The Balaban J connectivity index is 4.18. The Bertz CT molecular complexity index is 294. The van der Waals surface area contributed by atoms with Crippen molar-refractivity contribution in [1.29, 1.82) is 0 Å². The van der Waals surface area contributed by atoms with Crippen LogP contribution >= 0.6 is 0 Å². The van der Waals surface area contributed by atoms with E-state index in [9.17, 15) is 9.59 Å². The molecule has 0 saturated carbocycles. The molecule has 0 fully saturated rings. The van der Waals surface area contributed by atoms with Gasteiger partial charge < -0.3 is 9.84 Å². The molecule has 0 bridgehead atoms. The molecule has 0 aliphatic carbocycles. The molecule has 20 heavy (non-hydrogen) atoms. The number of carbonyl (C=O) groups excluding carboxylic acids is 1. The Morgan fingerprint density at radius 3 is 2.30 bits per heavy atom. The lowest BCUT2D eigenvalue weighted by Gasteiger charge is -2.28. The third-order valence-corrected chi connectivity index (χ3v) is 3.44. The molecule has 0 radical (unpaired) electrons. The highest BCUT2D eigenvalue weighted by molar-refractivity contribution is 5.81. The Labute approximate surface area is 122 Å². The number of hydrogen-bond acceptors (Lipinski definition) is 4. The molecular formula is C15H29NO4. The van der Waals surface area contributed by atoms with E-state index >= 15 is 0 Å². The van der Waals surface area contributed by atoms with Gasteiger partial charge in [0, 0.05) is 26.3 Å². The molecule has 0 spiro atoms. The fourth-order valence-corrected chi connectivity index (χ4v) is 1.85. The second-order valence-electron chi connectivity index (χ2n) is 5.34. The number of nitrogens with zero attached hydrogens (tertiary/aromatic N) is 1. The monoisotopic (exact) mass is 287 g/mol. The molecule has 0 aromatic rings. The Morgan fingerprint density at radius 2 is 1.80 bits per heavy atom. The number of carboxylic acids is 1. The summed E-state index contributed by atoms with van der Waals surface area (Å²) in [7, 11) is 0. The van der Waals surface area contributed by atoms with Crippen LogP contribution in [-0.4, -0.2) is 54.1 Å². The van der Waals surface area contributed by atoms with Crippen LogP contribution in [0.5, 0.6) is 0 Å². The Morgan fingerprint density at radius 1 is 1.20 bits per heavy atom. The zero-order valence-corrected chi connectivity index (χ0v) is 13.2. The first-order valence-corrected chi connectivity index (χ1v) is 7.45. The first kappa shape index (κ1) is 19.1. The summed E-state index contributed by atoms with van der Waals surface area (Å²) < 4.78 is 5.49. The molecule has 0 aromatic heterocycles. The van der Waals surface area contributed by atoms with E-state index in [1.807, 2.05) is 11.8 Å². The molecule has 0 aliphatic rings. The number of rotatable bonds is 12. The minimum absolute atomic E-state index is 0.0643. The molecule has 2 unspecified atom stereocenters. The summed E-state index contributed by atoms with van der Waals surface area (Å²) in [5.74, 6) is -1.24.